The van der Waals surface area contributed by atoms with E-state index in [1.165, 1.54) is 52.2 Å². The second-order valence-corrected chi connectivity index (χ2v) is 8.98. The lowest BCUT2D eigenvalue weighted by Gasteiger charge is -2.32. The smallest absolute Gasteiger partial charge is 0.221 e. The van der Waals surface area contributed by atoms with Gasteiger partial charge in [0.25, 0.3) is 0 Å². The number of nitrogens with zero attached hydrogens (tertiary/aromatic N) is 2. The van der Waals surface area contributed by atoms with Crippen LogP contribution >= 0.6 is 0 Å². The van der Waals surface area contributed by atoms with Crippen molar-refractivity contribution in [1.29, 1.82) is 0 Å². The van der Waals surface area contributed by atoms with E-state index in [4.69, 9.17) is 0 Å². The largest absolute Gasteiger partial charge is 0.760 e. The predicted molar refractivity (Wildman–Crippen MR) is 103 cm³/mol. The van der Waals surface area contributed by atoms with Gasteiger partial charge in [-0.05, 0) is 84.6 Å². The van der Waals surface area contributed by atoms with Gasteiger partial charge in [-0.25, -0.2) is 4.31 Å². The molecule has 2 fully saturated rings. The summed E-state index contributed by atoms with van der Waals surface area (Å²) in [5.41, 5.74) is 0. The normalized spacial score (nSPS) is 26.8. The van der Waals surface area contributed by atoms with Crippen molar-refractivity contribution in [3.8, 4) is 0 Å². The molecule has 8 heteroatoms. The minimum atomic E-state index is -2.25. The molecule has 7 nitrogen and oxygen atoms in total. The van der Waals surface area contributed by atoms with E-state index in [0.717, 1.165) is 29.6 Å². The first-order chi connectivity index (χ1) is 12.4. The molecule has 1 saturated carbocycles. The number of rotatable bonds is 9. The molecular formula is C18H35N4O3S-. The molecule has 0 spiro atoms. The van der Waals surface area contributed by atoms with Crippen molar-refractivity contribution in [2.24, 2.45) is 5.92 Å². The standard InChI is InChI=1S/C18H36N4O3S/c1-21-12-8-16(9-13-21)19-11-7-15-3-5-17(6-4-15)20-18(23)10-14-22(2)26(24)25/h15-17,19H,3-14H2,1-2H3,(H,20,23)(H,24,25)/p-1. The van der Waals surface area contributed by atoms with Gasteiger partial charge in [-0.3, -0.25) is 9.00 Å². The predicted octanol–water partition coefficient (Wildman–Crippen LogP) is 0.851. The lowest BCUT2D eigenvalue weighted by atomic mass is 9.84. The third-order valence-corrected chi connectivity index (χ3v) is 6.52. The van der Waals surface area contributed by atoms with Crippen LogP contribution in [0.5, 0.6) is 0 Å². The molecule has 0 aromatic carbocycles. The molecule has 1 aliphatic carbocycles. The second kappa shape index (κ2) is 11.3. The van der Waals surface area contributed by atoms with Gasteiger partial charge in [0.05, 0.1) is 0 Å². The van der Waals surface area contributed by atoms with Crippen LogP contribution in [0.1, 0.15) is 51.4 Å². The number of amides is 1. The van der Waals surface area contributed by atoms with Crippen LogP contribution in [0, 0.1) is 5.92 Å². The zero-order valence-electron chi connectivity index (χ0n) is 16.2. The summed E-state index contributed by atoms with van der Waals surface area (Å²) in [5.74, 6) is 0.714. The SMILES string of the molecule is CN1CCC(NCCC2CCC(NC(=O)CCN(C)S(=O)[O-])CC2)CC1. The number of likely N-dealkylation sites (tertiary alicyclic amines) is 1. The highest BCUT2D eigenvalue weighted by Gasteiger charge is 2.23. The highest BCUT2D eigenvalue weighted by molar-refractivity contribution is 7.76. The van der Waals surface area contributed by atoms with Gasteiger partial charge in [-0.2, -0.15) is 0 Å². The van der Waals surface area contributed by atoms with Crippen molar-refractivity contribution in [3.05, 3.63) is 0 Å². The molecule has 1 saturated heterocycles. The molecule has 1 heterocycles. The number of hydrogen-bond donors (Lipinski definition) is 2. The Morgan fingerprint density at radius 2 is 1.81 bits per heavy atom. The Balaban J connectivity index is 1.53. The van der Waals surface area contributed by atoms with Crippen LogP contribution in [-0.4, -0.2) is 76.2 Å². The van der Waals surface area contributed by atoms with Crippen molar-refractivity contribution >= 4 is 17.2 Å². The average molecular weight is 388 g/mol. The summed E-state index contributed by atoms with van der Waals surface area (Å²) in [6.07, 6.45) is 8.38. The van der Waals surface area contributed by atoms with Crippen LogP contribution in [0.25, 0.3) is 0 Å². The maximum Gasteiger partial charge on any atom is 0.221 e. The van der Waals surface area contributed by atoms with Crippen LogP contribution in [0.4, 0.5) is 0 Å². The number of hydrogen-bond acceptors (Lipinski definition) is 5. The Labute approximate surface area is 160 Å². The summed E-state index contributed by atoms with van der Waals surface area (Å²) in [5, 5.41) is 6.78. The van der Waals surface area contributed by atoms with Crippen LogP contribution < -0.4 is 10.6 Å². The molecule has 0 aromatic rings. The van der Waals surface area contributed by atoms with Gasteiger partial charge in [0.15, 0.2) is 0 Å². The topological polar surface area (TPSA) is 87.7 Å². The van der Waals surface area contributed by atoms with Gasteiger partial charge in [0.1, 0.15) is 0 Å². The molecule has 0 bridgehead atoms. The Kier molecular flexibility index (Phi) is 9.49. The van der Waals surface area contributed by atoms with Crippen LogP contribution in [0.3, 0.4) is 0 Å². The van der Waals surface area contributed by atoms with E-state index in [0.29, 0.717) is 6.04 Å². The maximum absolute atomic E-state index is 11.9. The molecule has 1 atom stereocenters. The average Bonchev–Trinajstić information content (AvgIpc) is 2.62. The summed E-state index contributed by atoms with van der Waals surface area (Å²) in [7, 11) is 3.66. The molecule has 1 amide bonds. The van der Waals surface area contributed by atoms with Crippen molar-refractivity contribution in [1.82, 2.24) is 19.8 Å². The summed E-state index contributed by atoms with van der Waals surface area (Å²) in [4.78, 5) is 14.3. The van der Waals surface area contributed by atoms with Crippen molar-refractivity contribution < 1.29 is 13.6 Å². The first-order valence-electron chi connectivity index (χ1n) is 9.96. The van der Waals surface area contributed by atoms with E-state index in [9.17, 15) is 13.6 Å². The van der Waals surface area contributed by atoms with Crippen molar-refractivity contribution in [2.45, 2.75) is 63.5 Å². The van der Waals surface area contributed by atoms with E-state index in [-0.39, 0.29) is 24.9 Å². The molecule has 2 rings (SSSR count). The van der Waals surface area contributed by atoms with Crippen molar-refractivity contribution in [3.63, 3.8) is 0 Å². The highest BCUT2D eigenvalue weighted by Crippen LogP contribution is 2.26. The molecule has 26 heavy (non-hydrogen) atoms. The van der Waals surface area contributed by atoms with Gasteiger partial charge in [-0.1, -0.05) is 0 Å². The van der Waals surface area contributed by atoms with Gasteiger partial charge < -0.3 is 20.1 Å². The fourth-order valence-corrected chi connectivity index (χ4v) is 4.17. The molecule has 152 valence electrons. The van der Waals surface area contributed by atoms with E-state index in [2.05, 4.69) is 22.6 Å². The third-order valence-electron chi connectivity index (χ3n) is 5.82. The zero-order valence-corrected chi connectivity index (χ0v) is 17.1. The molecule has 2 aliphatic rings. The number of carbonyl (C=O) groups excluding carboxylic acids is 1. The Bertz CT molecular complexity index is 450. The monoisotopic (exact) mass is 387 g/mol. The molecule has 0 aromatic heterocycles. The van der Waals surface area contributed by atoms with Gasteiger partial charge in [0.2, 0.25) is 5.91 Å². The minimum Gasteiger partial charge on any atom is -0.760 e. The minimum absolute atomic E-state index is 0.0466. The van der Waals surface area contributed by atoms with E-state index in [1.54, 1.807) is 0 Å². The number of carbonyl (C=O) groups is 1. The van der Waals surface area contributed by atoms with Gasteiger partial charge in [0, 0.05) is 36.3 Å². The van der Waals surface area contributed by atoms with Crippen LogP contribution in [0.2, 0.25) is 0 Å². The first-order valence-corrected chi connectivity index (χ1v) is 11.0. The molecule has 1 unspecified atom stereocenters. The van der Waals surface area contributed by atoms with E-state index >= 15 is 0 Å². The Morgan fingerprint density at radius 3 is 2.42 bits per heavy atom. The summed E-state index contributed by atoms with van der Waals surface area (Å²) in [6.45, 7) is 3.74. The fraction of sp³-hybridized carbons (Fsp3) is 0.944. The maximum atomic E-state index is 11.9. The quantitative estimate of drug-likeness (QED) is 0.573. The lowest BCUT2D eigenvalue weighted by molar-refractivity contribution is -0.122. The highest BCUT2D eigenvalue weighted by atomic mass is 32.2. The summed E-state index contributed by atoms with van der Waals surface area (Å²) >= 11 is -2.25. The summed E-state index contributed by atoms with van der Waals surface area (Å²) in [6, 6.07) is 0.937. The molecule has 0 radical (unpaired) electrons. The lowest BCUT2D eigenvalue weighted by Crippen LogP contribution is -2.42. The summed E-state index contributed by atoms with van der Waals surface area (Å²) < 4.78 is 22.6. The van der Waals surface area contributed by atoms with Gasteiger partial charge in [-0.15, -0.1) is 0 Å². The molecule has 1 aliphatic heterocycles. The Morgan fingerprint density at radius 1 is 1.15 bits per heavy atom. The van der Waals surface area contributed by atoms with Gasteiger partial charge >= 0.3 is 0 Å². The molecular weight excluding hydrogens is 352 g/mol. The second-order valence-electron chi connectivity index (χ2n) is 7.92. The van der Waals surface area contributed by atoms with E-state index < -0.39 is 11.3 Å². The Hall–Kier alpha value is -0.540. The third kappa shape index (κ3) is 8.00. The number of nitrogens with one attached hydrogen (secondary N) is 2. The molecule has 2 N–H and O–H groups in total. The first kappa shape index (κ1) is 21.8. The number of piperidine rings is 1. The fourth-order valence-electron chi connectivity index (χ4n) is 3.93. The zero-order chi connectivity index (χ0) is 18.9. The van der Waals surface area contributed by atoms with E-state index in [1.807, 2.05) is 0 Å². The van der Waals surface area contributed by atoms with Crippen molar-refractivity contribution in [2.75, 3.05) is 40.3 Å². The van der Waals surface area contributed by atoms with Crippen LogP contribution in [-0.2, 0) is 16.1 Å². The van der Waals surface area contributed by atoms with Crippen LogP contribution in [0.15, 0.2) is 0 Å².